The number of rotatable bonds is 8. The number of carbonyl (C=O) groups excluding carboxylic acids is 1. The van der Waals surface area contributed by atoms with Crippen LogP contribution >= 0.6 is 0 Å². The van der Waals surface area contributed by atoms with Crippen molar-refractivity contribution in [3.05, 3.63) is 35.6 Å². The van der Waals surface area contributed by atoms with E-state index in [0.29, 0.717) is 19.6 Å². The number of hydrogen-bond acceptors (Lipinski definition) is 3. The lowest BCUT2D eigenvalue weighted by atomic mass is 10.1. The van der Waals surface area contributed by atoms with Crippen LogP contribution < -0.4 is 5.73 Å². The van der Waals surface area contributed by atoms with E-state index in [-0.39, 0.29) is 17.8 Å². The SMILES string of the molecule is COCCCC(N)C(=O)N(Cc1cccc(F)c1)C1CC1. The van der Waals surface area contributed by atoms with Crippen LogP contribution in [0.4, 0.5) is 4.39 Å². The number of amides is 1. The van der Waals surface area contributed by atoms with Crippen LogP contribution in [0.1, 0.15) is 31.2 Å². The minimum absolute atomic E-state index is 0.0436. The number of methoxy groups -OCH3 is 1. The van der Waals surface area contributed by atoms with Crippen LogP contribution in [0.25, 0.3) is 0 Å². The van der Waals surface area contributed by atoms with Gasteiger partial charge in [0.1, 0.15) is 5.82 Å². The van der Waals surface area contributed by atoms with Crippen molar-refractivity contribution in [3.63, 3.8) is 0 Å². The zero-order chi connectivity index (χ0) is 15.2. The number of nitrogens with zero attached hydrogens (tertiary/aromatic N) is 1. The highest BCUT2D eigenvalue weighted by Gasteiger charge is 2.34. The van der Waals surface area contributed by atoms with Gasteiger partial charge in [0.25, 0.3) is 0 Å². The quantitative estimate of drug-likeness (QED) is 0.747. The highest BCUT2D eigenvalue weighted by Crippen LogP contribution is 2.29. The zero-order valence-electron chi connectivity index (χ0n) is 12.4. The Morgan fingerprint density at radius 1 is 1.52 bits per heavy atom. The normalized spacial score (nSPS) is 15.8. The Hall–Kier alpha value is -1.46. The van der Waals surface area contributed by atoms with Crippen LogP contribution in [-0.2, 0) is 16.1 Å². The summed E-state index contributed by atoms with van der Waals surface area (Å²) < 4.78 is 18.2. The monoisotopic (exact) mass is 294 g/mol. The number of halogens is 1. The molecule has 1 saturated carbocycles. The lowest BCUT2D eigenvalue weighted by molar-refractivity contribution is -0.134. The first-order chi connectivity index (χ1) is 10.1. The fourth-order valence-electron chi connectivity index (χ4n) is 2.39. The van der Waals surface area contributed by atoms with E-state index in [1.807, 2.05) is 6.07 Å². The Morgan fingerprint density at radius 2 is 2.29 bits per heavy atom. The van der Waals surface area contributed by atoms with Gasteiger partial charge in [-0.2, -0.15) is 0 Å². The minimum atomic E-state index is -0.505. The zero-order valence-corrected chi connectivity index (χ0v) is 12.4. The summed E-state index contributed by atoms with van der Waals surface area (Å²) in [6.45, 7) is 1.04. The highest BCUT2D eigenvalue weighted by molar-refractivity contribution is 5.82. The van der Waals surface area contributed by atoms with E-state index in [4.69, 9.17) is 10.5 Å². The number of carbonyl (C=O) groups is 1. The molecule has 1 fully saturated rings. The molecule has 4 nitrogen and oxygen atoms in total. The summed E-state index contributed by atoms with van der Waals surface area (Å²) in [6, 6.07) is 6.13. The second kappa shape index (κ2) is 7.52. The van der Waals surface area contributed by atoms with Crippen LogP contribution in [0.5, 0.6) is 0 Å². The first-order valence-corrected chi connectivity index (χ1v) is 7.41. The molecule has 2 N–H and O–H groups in total. The second-order valence-corrected chi connectivity index (χ2v) is 5.57. The van der Waals surface area contributed by atoms with Crippen LogP contribution in [0.3, 0.4) is 0 Å². The molecule has 21 heavy (non-hydrogen) atoms. The lowest BCUT2D eigenvalue weighted by Crippen LogP contribution is -2.44. The van der Waals surface area contributed by atoms with Gasteiger partial charge in [-0.15, -0.1) is 0 Å². The predicted octanol–water partition coefficient (Wildman–Crippen LogP) is 2.07. The Balaban J connectivity index is 1.96. The van der Waals surface area contributed by atoms with Crippen LogP contribution in [-0.4, -0.2) is 36.6 Å². The van der Waals surface area contributed by atoms with Crippen molar-refractivity contribution in [1.29, 1.82) is 0 Å². The van der Waals surface area contributed by atoms with E-state index >= 15 is 0 Å². The van der Waals surface area contributed by atoms with Gasteiger partial charge in [0.15, 0.2) is 0 Å². The molecule has 1 aliphatic carbocycles. The Morgan fingerprint density at radius 3 is 2.90 bits per heavy atom. The standard InChI is InChI=1S/C16H23FN2O2/c1-21-9-3-6-15(18)16(20)19(14-7-8-14)11-12-4-2-5-13(17)10-12/h2,4-5,10,14-15H,3,6-9,11,18H2,1H3. The summed E-state index contributed by atoms with van der Waals surface area (Å²) in [4.78, 5) is 14.3. The van der Waals surface area contributed by atoms with Crippen molar-refractivity contribution in [1.82, 2.24) is 4.90 Å². The molecule has 116 valence electrons. The summed E-state index contributed by atoms with van der Waals surface area (Å²) >= 11 is 0. The summed E-state index contributed by atoms with van der Waals surface area (Å²) in [5.41, 5.74) is 6.79. The Bertz CT molecular complexity index is 477. The first-order valence-electron chi connectivity index (χ1n) is 7.41. The van der Waals surface area contributed by atoms with E-state index in [1.165, 1.54) is 12.1 Å². The maximum atomic E-state index is 13.3. The molecule has 0 bridgehead atoms. The molecule has 0 aliphatic heterocycles. The van der Waals surface area contributed by atoms with Crippen molar-refractivity contribution in [2.45, 2.75) is 44.3 Å². The van der Waals surface area contributed by atoms with Crippen molar-refractivity contribution < 1.29 is 13.9 Å². The predicted molar refractivity (Wildman–Crippen MR) is 79.1 cm³/mol. The van der Waals surface area contributed by atoms with Gasteiger partial charge < -0.3 is 15.4 Å². The molecule has 1 aromatic rings. The van der Waals surface area contributed by atoms with Crippen molar-refractivity contribution in [3.8, 4) is 0 Å². The third-order valence-corrected chi connectivity index (χ3v) is 3.69. The summed E-state index contributed by atoms with van der Waals surface area (Å²) in [6.07, 6.45) is 3.39. The first kappa shape index (κ1) is 15.9. The Kier molecular flexibility index (Phi) is 5.70. The van der Waals surface area contributed by atoms with Gasteiger partial charge in [0, 0.05) is 26.3 Å². The molecule has 1 amide bonds. The summed E-state index contributed by atoms with van der Waals surface area (Å²) in [7, 11) is 1.63. The summed E-state index contributed by atoms with van der Waals surface area (Å²) in [5, 5.41) is 0. The van der Waals surface area contributed by atoms with Gasteiger partial charge in [0.05, 0.1) is 6.04 Å². The molecule has 0 saturated heterocycles. The van der Waals surface area contributed by atoms with E-state index in [9.17, 15) is 9.18 Å². The van der Waals surface area contributed by atoms with Crippen molar-refractivity contribution in [2.75, 3.05) is 13.7 Å². The Labute approximate surface area is 125 Å². The molecule has 1 aromatic carbocycles. The maximum Gasteiger partial charge on any atom is 0.240 e. The fourth-order valence-corrected chi connectivity index (χ4v) is 2.39. The maximum absolute atomic E-state index is 13.3. The van der Waals surface area contributed by atoms with Gasteiger partial charge >= 0.3 is 0 Å². The molecule has 0 radical (unpaired) electrons. The number of nitrogens with two attached hydrogens (primary N) is 1. The molecule has 2 rings (SSSR count). The van der Waals surface area contributed by atoms with E-state index < -0.39 is 6.04 Å². The molecular formula is C16H23FN2O2. The molecule has 1 unspecified atom stereocenters. The van der Waals surface area contributed by atoms with Gasteiger partial charge in [-0.1, -0.05) is 12.1 Å². The van der Waals surface area contributed by atoms with Gasteiger partial charge in [-0.3, -0.25) is 4.79 Å². The fraction of sp³-hybridized carbons (Fsp3) is 0.562. The van der Waals surface area contributed by atoms with Crippen LogP contribution in [0, 0.1) is 5.82 Å². The second-order valence-electron chi connectivity index (χ2n) is 5.57. The smallest absolute Gasteiger partial charge is 0.240 e. The minimum Gasteiger partial charge on any atom is -0.385 e. The number of ether oxygens (including phenoxy) is 1. The summed E-state index contributed by atoms with van der Waals surface area (Å²) in [5.74, 6) is -0.321. The largest absolute Gasteiger partial charge is 0.385 e. The molecule has 0 heterocycles. The van der Waals surface area contributed by atoms with Crippen molar-refractivity contribution in [2.24, 2.45) is 5.73 Å². The van der Waals surface area contributed by atoms with Gasteiger partial charge in [-0.25, -0.2) is 4.39 Å². The van der Waals surface area contributed by atoms with Crippen LogP contribution in [0.2, 0.25) is 0 Å². The van der Waals surface area contributed by atoms with E-state index in [1.54, 1.807) is 18.1 Å². The molecule has 1 aliphatic rings. The molecular weight excluding hydrogens is 271 g/mol. The molecule has 1 atom stereocenters. The molecule has 0 aromatic heterocycles. The molecule has 0 spiro atoms. The van der Waals surface area contributed by atoms with E-state index in [0.717, 1.165) is 24.8 Å². The number of hydrogen-bond donors (Lipinski definition) is 1. The average molecular weight is 294 g/mol. The van der Waals surface area contributed by atoms with E-state index in [2.05, 4.69) is 0 Å². The lowest BCUT2D eigenvalue weighted by Gasteiger charge is -2.26. The third kappa shape index (κ3) is 4.79. The third-order valence-electron chi connectivity index (χ3n) is 3.69. The van der Waals surface area contributed by atoms with Crippen molar-refractivity contribution >= 4 is 5.91 Å². The van der Waals surface area contributed by atoms with Crippen LogP contribution in [0.15, 0.2) is 24.3 Å². The average Bonchev–Trinajstić information content (AvgIpc) is 3.29. The highest BCUT2D eigenvalue weighted by atomic mass is 19.1. The van der Waals surface area contributed by atoms with Gasteiger partial charge in [-0.05, 0) is 43.4 Å². The number of benzene rings is 1. The topological polar surface area (TPSA) is 55.6 Å². The molecule has 5 heteroatoms. The van der Waals surface area contributed by atoms with Gasteiger partial charge in [0.2, 0.25) is 5.91 Å².